The quantitative estimate of drug-likeness (QED) is 0.562. The van der Waals surface area contributed by atoms with E-state index in [0.29, 0.717) is 0 Å². The molecule has 0 spiro atoms. The van der Waals surface area contributed by atoms with Crippen LogP contribution in [0.4, 0.5) is 0 Å². The fourth-order valence-electron chi connectivity index (χ4n) is 3.27. The normalized spacial score (nSPS) is 16.8. The van der Waals surface area contributed by atoms with E-state index in [0.717, 1.165) is 48.6 Å². The van der Waals surface area contributed by atoms with Crippen LogP contribution in [0.5, 0.6) is 0 Å². The molecule has 1 aliphatic heterocycles. The van der Waals surface area contributed by atoms with Gasteiger partial charge in [-0.2, -0.15) is 0 Å². The van der Waals surface area contributed by atoms with E-state index in [1.54, 1.807) is 11.3 Å². The summed E-state index contributed by atoms with van der Waals surface area (Å²) in [6.07, 6.45) is 3.45. The van der Waals surface area contributed by atoms with Crippen molar-refractivity contribution in [1.29, 1.82) is 0 Å². The van der Waals surface area contributed by atoms with Crippen LogP contribution >= 0.6 is 22.7 Å². The molecule has 0 unspecified atom stereocenters. The minimum Gasteiger partial charge on any atom is -0.356 e. The molecule has 26 heavy (non-hydrogen) atoms. The van der Waals surface area contributed by atoms with Crippen molar-refractivity contribution in [3.8, 4) is 0 Å². The summed E-state index contributed by atoms with van der Waals surface area (Å²) in [6.45, 7) is 7.41. The molecule has 0 amide bonds. The Hall–Kier alpha value is -1.44. The number of guanidine groups is 1. The van der Waals surface area contributed by atoms with E-state index in [9.17, 15) is 0 Å². The first-order valence-corrected chi connectivity index (χ1v) is 11.1. The zero-order chi connectivity index (χ0) is 18.2. The van der Waals surface area contributed by atoms with E-state index >= 15 is 0 Å². The third kappa shape index (κ3) is 6.07. The zero-order valence-corrected chi connectivity index (χ0v) is 17.3. The van der Waals surface area contributed by atoms with Crippen molar-refractivity contribution in [2.24, 2.45) is 10.9 Å². The molecule has 0 aromatic carbocycles. The fraction of sp³-hybridized carbons (Fsp3) is 0.579. The maximum Gasteiger partial charge on any atom is 0.190 e. The Bertz CT molecular complexity index is 672. The van der Waals surface area contributed by atoms with E-state index < -0.39 is 0 Å². The van der Waals surface area contributed by atoms with Crippen LogP contribution in [-0.2, 0) is 13.0 Å². The number of piperidine rings is 1. The fourth-order valence-corrected chi connectivity index (χ4v) is 4.66. The highest BCUT2D eigenvalue weighted by Gasteiger charge is 2.19. The van der Waals surface area contributed by atoms with Gasteiger partial charge in [0.2, 0.25) is 0 Å². The molecule has 5 nitrogen and oxygen atoms in total. The minimum atomic E-state index is 0.731. The molecule has 0 aliphatic carbocycles. The smallest absolute Gasteiger partial charge is 0.190 e. The van der Waals surface area contributed by atoms with Gasteiger partial charge in [-0.15, -0.1) is 22.7 Å². The number of thiophene rings is 1. The lowest BCUT2D eigenvalue weighted by Gasteiger charge is -2.32. The second-order valence-corrected chi connectivity index (χ2v) is 8.88. The molecule has 1 fully saturated rings. The summed E-state index contributed by atoms with van der Waals surface area (Å²) in [4.78, 5) is 12.9. The number of hydrogen-bond acceptors (Lipinski definition) is 5. The molecular formula is C19H29N5S2. The van der Waals surface area contributed by atoms with Gasteiger partial charge >= 0.3 is 0 Å². The third-order valence-corrected chi connectivity index (χ3v) is 6.47. The maximum absolute atomic E-state index is 4.50. The highest BCUT2D eigenvalue weighted by atomic mass is 32.1. The van der Waals surface area contributed by atoms with Gasteiger partial charge < -0.3 is 10.6 Å². The van der Waals surface area contributed by atoms with Crippen molar-refractivity contribution in [2.45, 2.75) is 32.7 Å². The molecule has 2 N–H and O–H groups in total. The lowest BCUT2D eigenvalue weighted by molar-refractivity contribution is 0.179. The van der Waals surface area contributed by atoms with Crippen molar-refractivity contribution >= 4 is 28.6 Å². The first-order valence-electron chi connectivity index (χ1n) is 9.33. The van der Waals surface area contributed by atoms with Crippen LogP contribution in [0.3, 0.4) is 0 Å². The van der Waals surface area contributed by atoms with E-state index in [1.165, 1.54) is 30.8 Å². The molecule has 3 heterocycles. The van der Waals surface area contributed by atoms with Crippen LogP contribution in [0.2, 0.25) is 0 Å². The Kier molecular flexibility index (Phi) is 7.46. The summed E-state index contributed by atoms with van der Waals surface area (Å²) in [7, 11) is 1.84. The molecular weight excluding hydrogens is 362 g/mol. The van der Waals surface area contributed by atoms with Crippen LogP contribution in [0.25, 0.3) is 0 Å². The van der Waals surface area contributed by atoms with Gasteiger partial charge in [0.25, 0.3) is 0 Å². The Labute approximate surface area is 164 Å². The summed E-state index contributed by atoms with van der Waals surface area (Å²) >= 11 is 3.57. The molecule has 0 atom stereocenters. The molecule has 2 aromatic heterocycles. The number of aromatic nitrogens is 1. The average Bonchev–Trinajstić information content (AvgIpc) is 3.31. The Morgan fingerprint density at radius 3 is 2.81 bits per heavy atom. The van der Waals surface area contributed by atoms with Gasteiger partial charge in [-0.3, -0.25) is 9.89 Å². The summed E-state index contributed by atoms with van der Waals surface area (Å²) in [5.74, 6) is 1.63. The number of aliphatic imine (C=N–C) groups is 1. The van der Waals surface area contributed by atoms with Crippen molar-refractivity contribution in [2.75, 3.05) is 33.2 Å². The Morgan fingerprint density at radius 1 is 1.31 bits per heavy atom. The number of nitrogens with zero attached hydrogens (tertiary/aromatic N) is 3. The number of thiazole rings is 1. The van der Waals surface area contributed by atoms with Gasteiger partial charge in [-0.1, -0.05) is 6.07 Å². The second kappa shape index (κ2) is 10.0. The minimum absolute atomic E-state index is 0.731. The molecule has 1 saturated heterocycles. The predicted octanol–water partition coefficient (Wildman–Crippen LogP) is 3.13. The van der Waals surface area contributed by atoms with E-state index in [4.69, 9.17) is 0 Å². The standard InChI is InChI=1S/C19H29N5S2/c1-15-23-17(14-26-15)5-8-21-19(20-2)22-12-16-6-9-24(10-7-16)13-18-4-3-11-25-18/h3-4,11,14,16H,5-10,12-13H2,1-2H3,(H2,20,21,22). The van der Waals surface area contributed by atoms with E-state index in [2.05, 4.69) is 48.4 Å². The van der Waals surface area contributed by atoms with Crippen molar-refractivity contribution in [3.63, 3.8) is 0 Å². The molecule has 142 valence electrons. The van der Waals surface area contributed by atoms with Crippen molar-refractivity contribution in [1.82, 2.24) is 20.5 Å². The van der Waals surface area contributed by atoms with Gasteiger partial charge in [0.15, 0.2) is 5.96 Å². The van der Waals surface area contributed by atoms with Gasteiger partial charge in [-0.25, -0.2) is 4.98 Å². The summed E-state index contributed by atoms with van der Waals surface area (Å²) in [5, 5.41) is 12.3. The molecule has 7 heteroatoms. The first-order chi connectivity index (χ1) is 12.7. The van der Waals surface area contributed by atoms with Crippen LogP contribution in [-0.4, -0.2) is 49.1 Å². The van der Waals surface area contributed by atoms with Crippen molar-refractivity contribution in [3.05, 3.63) is 38.5 Å². The highest BCUT2D eigenvalue weighted by Crippen LogP contribution is 2.20. The summed E-state index contributed by atoms with van der Waals surface area (Å²) in [6, 6.07) is 4.38. The van der Waals surface area contributed by atoms with Crippen LogP contribution in [0, 0.1) is 12.8 Å². The first kappa shape index (κ1) is 19.3. The molecule has 2 aromatic rings. The molecule has 3 rings (SSSR count). The molecule has 0 bridgehead atoms. The SMILES string of the molecule is CN=C(NCCc1csc(C)n1)NCC1CCN(Cc2cccs2)CC1. The van der Waals surface area contributed by atoms with E-state index in [1.807, 2.05) is 25.3 Å². The van der Waals surface area contributed by atoms with E-state index in [-0.39, 0.29) is 0 Å². The molecule has 0 saturated carbocycles. The second-order valence-electron chi connectivity index (χ2n) is 6.79. The number of aryl methyl sites for hydroxylation is 1. The third-order valence-electron chi connectivity index (χ3n) is 4.79. The lowest BCUT2D eigenvalue weighted by atomic mass is 9.97. The maximum atomic E-state index is 4.50. The number of hydrogen-bond donors (Lipinski definition) is 2. The molecule has 1 aliphatic rings. The predicted molar refractivity (Wildman–Crippen MR) is 112 cm³/mol. The van der Waals surface area contributed by atoms with Gasteiger partial charge in [0, 0.05) is 43.4 Å². The lowest BCUT2D eigenvalue weighted by Crippen LogP contribution is -2.43. The topological polar surface area (TPSA) is 52.6 Å². The Balaban J connectivity index is 1.31. The largest absolute Gasteiger partial charge is 0.356 e. The zero-order valence-electron chi connectivity index (χ0n) is 15.7. The number of nitrogens with one attached hydrogen (secondary N) is 2. The highest BCUT2D eigenvalue weighted by molar-refractivity contribution is 7.10. The van der Waals surface area contributed by atoms with Crippen molar-refractivity contribution < 1.29 is 0 Å². The number of rotatable bonds is 7. The number of likely N-dealkylation sites (tertiary alicyclic amines) is 1. The monoisotopic (exact) mass is 391 g/mol. The van der Waals surface area contributed by atoms with Gasteiger partial charge in [0.05, 0.1) is 10.7 Å². The average molecular weight is 392 g/mol. The van der Waals surface area contributed by atoms with Gasteiger partial charge in [0.1, 0.15) is 0 Å². The summed E-state index contributed by atoms with van der Waals surface area (Å²) < 4.78 is 0. The summed E-state index contributed by atoms with van der Waals surface area (Å²) in [5.41, 5.74) is 1.16. The van der Waals surface area contributed by atoms with Crippen LogP contribution in [0.1, 0.15) is 28.4 Å². The molecule has 0 radical (unpaired) electrons. The Morgan fingerprint density at radius 2 is 2.15 bits per heavy atom. The van der Waals surface area contributed by atoms with Crippen LogP contribution in [0.15, 0.2) is 27.9 Å². The van der Waals surface area contributed by atoms with Crippen LogP contribution < -0.4 is 10.6 Å². The van der Waals surface area contributed by atoms with Gasteiger partial charge in [-0.05, 0) is 50.2 Å².